The molecule has 2 aromatic rings. The van der Waals surface area contributed by atoms with Crippen LogP contribution in [-0.2, 0) is 4.79 Å². The van der Waals surface area contributed by atoms with Crippen molar-refractivity contribution in [3.8, 4) is 6.07 Å². The maximum Gasteiger partial charge on any atom is 0.293 e. The Labute approximate surface area is 145 Å². The number of amides is 1. The standard InChI is InChI=1S/C18H18N4O3/c1-12-4-5-13(2)15(8-12)20-18(23)11-21(3)16-7-6-14(10-19)9-17(16)22(24)25/h4-9H,11H2,1-3H3,(H,20,23). The predicted octanol–water partition coefficient (Wildman–Crippen LogP) is 3.16. The molecular formula is C18H18N4O3. The highest BCUT2D eigenvalue weighted by molar-refractivity contribution is 5.95. The second-order valence-corrected chi connectivity index (χ2v) is 5.80. The third-order valence-electron chi connectivity index (χ3n) is 3.76. The summed E-state index contributed by atoms with van der Waals surface area (Å²) in [6.07, 6.45) is 0. The molecule has 0 aliphatic carbocycles. The Morgan fingerprint density at radius 1 is 1.28 bits per heavy atom. The van der Waals surface area contributed by atoms with Gasteiger partial charge in [-0.25, -0.2) is 0 Å². The summed E-state index contributed by atoms with van der Waals surface area (Å²) in [6.45, 7) is 3.77. The number of likely N-dealkylation sites (N-methyl/N-ethyl adjacent to an activating group) is 1. The van der Waals surface area contributed by atoms with Gasteiger partial charge in [-0.1, -0.05) is 12.1 Å². The number of nitriles is 1. The van der Waals surface area contributed by atoms with Crippen LogP contribution in [0.5, 0.6) is 0 Å². The molecule has 0 aliphatic rings. The number of benzene rings is 2. The highest BCUT2D eigenvalue weighted by atomic mass is 16.6. The highest BCUT2D eigenvalue weighted by Gasteiger charge is 2.20. The van der Waals surface area contributed by atoms with Crippen LogP contribution in [0.2, 0.25) is 0 Å². The Kier molecular flexibility index (Phi) is 5.35. The van der Waals surface area contributed by atoms with Crippen LogP contribution in [0.25, 0.3) is 0 Å². The quantitative estimate of drug-likeness (QED) is 0.667. The average Bonchev–Trinajstić information content (AvgIpc) is 2.57. The van der Waals surface area contributed by atoms with Gasteiger partial charge in [0.05, 0.1) is 23.1 Å². The number of nitro groups is 1. The lowest BCUT2D eigenvalue weighted by molar-refractivity contribution is -0.384. The number of nitrogens with one attached hydrogen (secondary N) is 1. The zero-order chi connectivity index (χ0) is 18.6. The van der Waals surface area contributed by atoms with Crippen LogP contribution in [-0.4, -0.2) is 24.4 Å². The van der Waals surface area contributed by atoms with Gasteiger partial charge in [-0.2, -0.15) is 5.26 Å². The van der Waals surface area contributed by atoms with E-state index in [2.05, 4.69) is 5.32 Å². The molecule has 2 rings (SSSR count). The molecule has 0 saturated carbocycles. The first-order valence-corrected chi connectivity index (χ1v) is 7.58. The normalized spacial score (nSPS) is 10.0. The number of anilines is 2. The van der Waals surface area contributed by atoms with E-state index in [0.29, 0.717) is 5.69 Å². The van der Waals surface area contributed by atoms with Crippen LogP contribution in [0.4, 0.5) is 17.1 Å². The van der Waals surface area contributed by atoms with Gasteiger partial charge in [0.2, 0.25) is 5.91 Å². The highest BCUT2D eigenvalue weighted by Crippen LogP contribution is 2.28. The third kappa shape index (κ3) is 4.32. The van der Waals surface area contributed by atoms with Crippen molar-refractivity contribution in [2.45, 2.75) is 13.8 Å². The molecule has 0 aliphatic heterocycles. The Bertz CT molecular complexity index is 871. The Balaban J connectivity index is 2.18. The predicted molar refractivity (Wildman–Crippen MR) is 95.6 cm³/mol. The monoisotopic (exact) mass is 338 g/mol. The van der Waals surface area contributed by atoms with Crippen molar-refractivity contribution in [3.63, 3.8) is 0 Å². The minimum absolute atomic E-state index is 0.0554. The van der Waals surface area contributed by atoms with Crippen molar-refractivity contribution in [3.05, 3.63) is 63.2 Å². The van der Waals surface area contributed by atoms with Gasteiger partial charge in [-0.05, 0) is 43.2 Å². The fourth-order valence-electron chi connectivity index (χ4n) is 2.42. The maximum absolute atomic E-state index is 12.3. The van der Waals surface area contributed by atoms with E-state index >= 15 is 0 Å². The number of carbonyl (C=O) groups excluding carboxylic acids is 1. The molecule has 7 nitrogen and oxygen atoms in total. The van der Waals surface area contributed by atoms with E-state index < -0.39 is 4.92 Å². The SMILES string of the molecule is Cc1ccc(C)c(NC(=O)CN(C)c2ccc(C#N)cc2[N+](=O)[O-])c1. The molecule has 0 unspecified atom stereocenters. The molecule has 25 heavy (non-hydrogen) atoms. The minimum Gasteiger partial charge on any atom is -0.360 e. The van der Waals surface area contributed by atoms with Crippen LogP contribution in [0, 0.1) is 35.3 Å². The van der Waals surface area contributed by atoms with E-state index in [4.69, 9.17) is 5.26 Å². The molecule has 128 valence electrons. The molecule has 1 N–H and O–H groups in total. The zero-order valence-electron chi connectivity index (χ0n) is 14.2. The first-order valence-electron chi connectivity index (χ1n) is 7.58. The van der Waals surface area contributed by atoms with Crippen molar-refractivity contribution in [1.29, 1.82) is 5.26 Å². The summed E-state index contributed by atoms with van der Waals surface area (Å²) in [5, 5.41) is 22.9. The molecule has 0 saturated heterocycles. The number of rotatable bonds is 5. The van der Waals surface area contributed by atoms with E-state index in [1.165, 1.54) is 23.1 Å². The van der Waals surface area contributed by atoms with Crippen molar-refractivity contribution in [1.82, 2.24) is 0 Å². The number of aryl methyl sites for hydroxylation is 2. The largest absolute Gasteiger partial charge is 0.360 e. The minimum atomic E-state index is -0.560. The fraction of sp³-hybridized carbons (Fsp3) is 0.222. The fourth-order valence-corrected chi connectivity index (χ4v) is 2.42. The lowest BCUT2D eigenvalue weighted by Crippen LogP contribution is -2.30. The summed E-state index contributed by atoms with van der Waals surface area (Å²) in [5.41, 5.74) is 2.94. The van der Waals surface area contributed by atoms with Crippen LogP contribution in [0.15, 0.2) is 36.4 Å². The Hall–Kier alpha value is -3.40. The molecule has 0 aromatic heterocycles. The van der Waals surface area contributed by atoms with Gasteiger partial charge in [-0.3, -0.25) is 14.9 Å². The van der Waals surface area contributed by atoms with Gasteiger partial charge in [0.15, 0.2) is 0 Å². The molecule has 0 spiro atoms. The first-order chi connectivity index (χ1) is 11.8. The summed E-state index contributed by atoms with van der Waals surface area (Å²) >= 11 is 0. The maximum atomic E-state index is 12.3. The van der Waals surface area contributed by atoms with Gasteiger partial charge in [-0.15, -0.1) is 0 Å². The van der Waals surface area contributed by atoms with Gasteiger partial charge >= 0.3 is 0 Å². The molecule has 0 radical (unpaired) electrons. The number of carbonyl (C=O) groups is 1. The Morgan fingerprint density at radius 3 is 2.64 bits per heavy atom. The Morgan fingerprint density at radius 2 is 2.00 bits per heavy atom. The van der Waals surface area contributed by atoms with Crippen molar-refractivity contribution >= 4 is 23.0 Å². The molecule has 1 amide bonds. The zero-order valence-corrected chi connectivity index (χ0v) is 14.2. The van der Waals surface area contributed by atoms with Gasteiger partial charge in [0.1, 0.15) is 5.69 Å². The van der Waals surface area contributed by atoms with E-state index in [-0.39, 0.29) is 29.4 Å². The van der Waals surface area contributed by atoms with E-state index in [9.17, 15) is 14.9 Å². The second-order valence-electron chi connectivity index (χ2n) is 5.80. The van der Waals surface area contributed by atoms with Crippen LogP contribution in [0.3, 0.4) is 0 Å². The number of nitro benzene ring substituents is 1. The summed E-state index contributed by atoms with van der Waals surface area (Å²) in [4.78, 5) is 24.4. The third-order valence-corrected chi connectivity index (χ3v) is 3.76. The average molecular weight is 338 g/mol. The molecule has 0 bridgehead atoms. The van der Waals surface area contributed by atoms with Gasteiger partial charge < -0.3 is 10.2 Å². The summed E-state index contributed by atoms with van der Waals surface area (Å²) in [6, 6.07) is 11.8. The summed E-state index contributed by atoms with van der Waals surface area (Å²) in [5.74, 6) is -0.283. The molecule has 0 fully saturated rings. The molecule has 7 heteroatoms. The van der Waals surface area contributed by atoms with Crippen molar-refractivity contribution < 1.29 is 9.72 Å². The number of hydrogen-bond acceptors (Lipinski definition) is 5. The van der Waals surface area contributed by atoms with Crippen LogP contribution in [0.1, 0.15) is 16.7 Å². The second kappa shape index (κ2) is 7.45. The van der Waals surface area contributed by atoms with Crippen LogP contribution >= 0.6 is 0 Å². The van der Waals surface area contributed by atoms with Gasteiger partial charge in [0, 0.05) is 18.8 Å². The molecule has 2 aromatic carbocycles. The van der Waals surface area contributed by atoms with E-state index in [1.807, 2.05) is 38.1 Å². The van der Waals surface area contributed by atoms with Crippen molar-refractivity contribution in [2.75, 3.05) is 23.8 Å². The topological polar surface area (TPSA) is 99.3 Å². The first kappa shape index (κ1) is 17.9. The lowest BCUT2D eigenvalue weighted by atomic mass is 10.1. The summed E-state index contributed by atoms with van der Waals surface area (Å²) < 4.78 is 0. The molecule has 0 atom stereocenters. The smallest absolute Gasteiger partial charge is 0.293 e. The molecule has 0 heterocycles. The van der Waals surface area contributed by atoms with E-state index in [1.54, 1.807) is 7.05 Å². The van der Waals surface area contributed by atoms with Crippen LogP contribution < -0.4 is 10.2 Å². The lowest BCUT2D eigenvalue weighted by Gasteiger charge is -2.19. The summed E-state index contributed by atoms with van der Waals surface area (Å²) in [7, 11) is 1.59. The van der Waals surface area contributed by atoms with E-state index in [0.717, 1.165) is 11.1 Å². The molecular weight excluding hydrogens is 320 g/mol. The number of nitrogens with zero attached hydrogens (tertiary/aromatic N) is 3. The van der Waals surface area contributed by atoms with Crippen molar-refractivity contribution in [2.24, 2.45) is 0 Å². The van der Waals surface area contributed by atoms with Gasteiger partial charge in [0.25, 0.3) is 5.69 Å². The number of hydrogen-bond donors (Lipinski definition) is 1.